The van der Waals surface area contributed by atoms with E-state index in [1.807, 2.05) is 12.1 Å². The van der Waals surface area contributed by atoms with Gasteiger partial charge < -0.3 is 20.5 Å². The third-order valence-corrected chi connectivity index (χ3v) is 3.34. The van der Waals surface area contributed by atoms with Crippen molar-refractivity contribution >= 4 is 17.7 Å². The highest BCUT2D eigenvalue weighted by atomic mass is 16.5. The molecule has 1 aromatic carbocycles. The molecule has 0 heterocycles. The van der Waals surface area contributed by atoms with Gasteiger partial charge in [0.05, 0.1) is 12.5 Å². The number of amides is 2. The van der Waals surface area contributed by atoms with E-state index in [0.717, 1.165) is 18.6 Å². The lowest BCUT2D eigenvalue weighted by Gasteiger charge is -2.13. The molecule has 21 heavy (non-hydrogen) atoms. The lowest BCUT2D eigenvalue weighted by atomic mass is 10.3. The summed E-state index contributed by atoms with van der Waals surface area (Å²) in [6.07, 6.45) is 4.87. The third kappa shape index (κ3) is 5.33. The van der Waals surface area contributed by atoms with Gasteiger partial charge in [-0.05, 0) is 49.9 Å². The average Bonchev–Trinajstić information content (AvgIpc) is 2.93. The van der Waals surface area contributed by atoms with Crippen molar-refractivity contribution in [1.29, 1.82) is 0 Å². The van der Waals surface area contributed by atoms with Crippen molar-refractivity contribution in [2.45, 2.75) is 38.2 Å². The zero-order valence-corrected chi connectivity index (χ0v) is 11.8. The standard InChI is InChI=1S/C15H20N2O4/c18-14(19)9-10-16-15(20)17-11-5-7-13(8-6-11)21-12-3-1-2-4-12/h5-8,12H,1-4,9-10H2,(H,18,19)(H2,16,17,20). The Bertz CT molecular complexity index is 481. The first-order valence-corrected chi connectivity index (χ1v) is 7.17. The molecule has 1 saturated carbocycles. The number of urea groups is 1. The van der Waals surface area contributed by atoms with Gasteiger partial charge in [0.25, 0.3) is 0 Å². The van der Waals surface area contributed by atoms with Gasteiger partial charge in [-0.1, -0.05) is 0 Å². The molecule has 0 aliphatic heterocycles. The quantitative estimate of drug-likeness (QED) is 0.752. The number of nitrogens with one attached hydrogen (secondary N) is 2. The molecule has 2 amide bonds. The predicted molar refractivity (Wildman–Crippen MR) is 78.6 cm³/mol. The highest BCUT2D eigenvalue weighted by molar-refractivity contribution is 5.89. The minimum Gasteiger partial charge on any atom is -0.490 e. The Morgan fingerprint density at radius 1 is 1.19 bits per heavy atom. The van der Waals surface area contributed by atoms with Gasteiger partial charge in [-0.15, -0.1) is 0 Å². The molecular formula is C15H20N2O4. The Labute approximate surface area is 123 Å². The topological polar surface area (TPSA) is 87.7 Å². The van der Waals surface area contributed by atoms with Gasteiger partial charge in [-0.3, -0.25) is 4.79 Å². The fraction of sp³-hybridized carbons (Fsp3) is 0.467. The molecule has 3 N–H and O–H groups in total. The molecule has 0 atom stereocenters. The van der Waals surface area contributed by atoms with Crippen LogP contribution in [-0.2, 0) is 4.79 Å². The van der Waals surface area contributed by atoms with Gasteiger partial charge in [0.15, 0.2) is 0 Å². The van der Waals surface area contributed by atoms with Gasteiger partial charge in [0, 0.05) is 12.2 Å². The Kier molecular flexibility index (Phi) is 5.43. The molecule has 114 valence electrons. The first-order chi connectivity index (χ1) is 10.1. The molecule has 1 aromatic rings. The zero-order valence-electron chi connectivity index (χ0n) is 11.8. The van der Waals surface area contributed by atoms with Crippen LogP contribution in [0.2, 0.25) is 0 Å². The molecule has 0 unspecified atom stereocenters. The number of hydrogen-bond acceptors (Lipinski definition) is 3. The number of hydrogen-bond donors (Lipinski definition) is 3. The molecule has 0 saturated heterocycles. The van der Waals surface area contributed by atoms with E-state index in [1.165, 1.54) is 12.8 Å². The van der Waals surface area contributed by atoms with Gasteiger partial charge in [0.2, 0.25) is 0 Å². The number of benzene rings is 1. The van der Waals surface area contributed by atoms with Crippen LogP contribution in [0, 0.1) is 0 Å². The molecule has 0 spiro atoms. The van der Waals surface area contributed by atoms with Crippen LogP contribution in [0.25, 0.3) is 0 Å². The van der Waals surface area contributed by atoms with Crippen LogP contribution in [0.1, 0.15) is 32.1 Å². The summed E-state index contributed by atoms with van der Waals surface area (Å²) in [7, 11) is 0. The first kappa shape index (κ1) is 15.2. The van der Waals surface area contributed by atoms with Crippen molar-refractivity contribution in [2.75, 3.05) is 11.9 Å². The van der Waals surface area contributed by atoms with Crippen LogP contribution in [0.15, 0.2) is 24.3 Å². The van der Waals surface area contributed by atoms with Crippen molar-refractivity contribution in [3.05, 3.63) is 24.3 Å². The smallest absolute Gasteiger partial charge is 0.319 e. The highest BCUT2D eigenvalue weighted by Gasteiger charge is 2.16. The molecular weight excluding hydrogens is 272 g/mol. The Hall–Kier alpha value is -2.24. The van der Waals surface area contributed by atoms with E-state index in [4.69, 9.17) is 9.84 Å². The average molecular weight is 292 g/mol. The number of ether oxygens (including phenoxy) is 1. The van der Waals surface area contributed by atoms with Crippen LogP contribution in [0.4, 0.5) is 10.5 Å². The molecule has 0 aromatic heterocycles. The maximum absolute atomic E-state index is 11.5. The van der Waals surface area contributed by atoms with Crippen molar-refractivity contribution in [3.63, 3.8) is 0 Å². The number of carboxylic acids is 1. The number of carbonyl (C=O) groups excluding carboxylic acids is 1. The summed E-state index contributed by atoms with van der Waals surface area (Å²) in [6.45, 7) is 0.101. The van der Waals surface area contributed by atoms with E-state index in [9.17, 15) is 9.59 Å². The Balaban J connectivity index is 1.76. The highest BCUT2D eigenvalue weighted by Crippen LogP contribution is 2.24. The Morgan fingerprint density at radius 3 is 2.48 bits per heavy atom. The second-order valence-corrected chi connectivity index (χ2v) is 5.07. The van der Waals surface area contributed by atoms with E-state index in [2.05, 4.69) is 10.6 Å². The van der Waals surface area contributed by atoms with Gasteiger partial charge in [-0.25, -0.2) is 4.79 Å². The van der Waals surface area contributed by atoms with E-state index >= 15 is 0 Å². The third-order valence-electron chi connectivity index (χ3n) is 3.34. The van der Waals surface area contributed by atoms with E-state index in [1.54, 1.807) is 12.1 Å². The second-order valence-electron chi connectivity index (χ2n) is 5.07. The monoisotopic (exact) mass is 292 g/mol. The number of rotatable bonds is 6. The SMILES string of the molecule is O=C(O)CCNC(=O)Nc1ccc(OC2CCCC2)cc1. The summed E-state index contributed by atoms with van der Waals surface area (Å²) < 4.78 is 5.83. The van der Waals surface area contributed by atoms with Gasteiger partial charge >= 0.3 is 12.0 Å². The molecule has 0 bridgehead atoms. The fourth-order valence-electron chi connectivity index (χ4n) is 2.27. The Morgan fingerprint density at radius 2 is 1.86 bits per heavy atom. The molecule has 6 nitrogen and oxygen atoms in total. The van der Waals surface area contributed by atoms with Gasteiger partial charge in [0.1, 0.15) is 5.75 Å². The second kappa shape index (κ2) is 7.52. The zero-order chi connectivity index (χ0) is 15.1. The largest absolute Gasteiger partial charge is 0.490 e. The van der Waals surface area contributed by atoms with E-state index in [-0.39, 0.29) is 13.0 Å². The van der Waals surface area contributed by atoms with Crippen molar-refractivity contribution in [1.82, 2.24) is 5.32 Å². The van der Waals surface area contributed by atoms with Crippen LogP contribution in [0.5, 0.6) is 5.75 Å². The fourth-order valence-corrected chi connectivity index (χ4v) is 2.27. The maximum atomic E-state index is 11.5. The lowest BCUT2D eigenvalue weighted by molar-refractivity contribution is -0.136. The molecule has 6 heteroatoms. The van der Waals surface area contributed by atoms with E-state index in [0.29, 0.717) is 11.8 Å². The number of carboxylic acid groups (broad SMARTS) is 1. The molecule has 1 fully saturated rings. The number of carbonyl (C=O) groups is 2. The van der Waals surface area contributed by atoms with Crippen LogP contribution in [-0.4, -0.2) is 29.8 Å². The van der Waals surface area contributed by atoms with E-state index < -0.39 is 12.0 Å². The summed E-state index contributed by atoms with van der Waals surface area (Å²) >= 11 is 0. The molecule has 2 rings (SSSR count). The normalized spacial score (nSPS) is 14.7. The van der Waals surface area contributed by atoms with Gasteiger partial charge in [-0.2, -0.15) is 0 Å². The van der Waals surface area contributed by atoms with Crippen molar-refractivity contribution in [3.8, 4) is 5.75 Å². The maximum Gasteiger partial charge on any atom is 0.319 e. The van der Waals surface area contributed by atoms with Crippen LogP contribution in [0.3, 0.4) is 0 Å². The summed E-state index contributed by atoms with van der Waals surface area (Å²) in [4.78, 5) is 21.8. The summed E-state index contributed by atoms with van der Waals surface area (Å²) in [5.74, 6) is -0.137. The summed E-state index contributed by atoms with van der Waals surface area (Å²) in [6, 6.07) is 6.76. The summed E-state index contributed by atoms with van der Waals surface area (Å²) in [5, 5.41) is 13.6. The minimum absolute atomic E-state index is 0.0956. The minimum atomic E-state index is -0.941. The van der Waals surface area contributed by atoms with Crippen molar-refractivity contribution in [2.24, 2.45) is 0 Å². The number of aliphatic carboxylic acids is 1. The van der Waals surface area contributed by atoms with Crippen molar-refractivity contribution < 1.29 is 19.4 Å². The molecule has 1 aliphatic rings. The first-order valence-electron chi connectivity index (χ1n) is 7.17. The predicted octanol–water partition coefficient (Wildman–Crippen LogP) is 2.60. The lowest BCUT2D eigenvalue weighted by Crippen LogP contribution is -2.30. The van der Waals surface area contributed by atoms with Crippen LogP contribution < -0.4 is 15.4 Å². The van der Waals surface area contributed by atoms with Crippen LogP contribution >= 0.6 is 0 Å². The molecule has 0 radical (unpaired) electrons. The summed E-state index contributed by atoms with van der Waals surface area (Å²) in [5.41, 5.74) is 0.640. The number of anilines is 1. The molecule has 1 aliphatic carbocycles.